The van der Waals surface area contributed by atoms with Gasteiger partial charge in [-0.2, -0.15) is 13.2 Å². The second-order valence-corrected chi connectivity index (χ2v) is 5.32. The molecule has 7 heteroatoms. The Kier molecular flexibility index (Phi) is 4.05. The lowest BCUT2D eigenvalue weighted by atomic mass is 10.1. The van der Waals surface area contributed by atoms with Gasteiger partial charge in [0.25, 0.3) is 0 Å². The maximum Gasteiger partial charge on any atom is 0.416 e. The standard InChI is InChI=1S/C12H13F3N2OS/c1-7-2-3-8(12(13,14)15)4-9(7)17-11(18)10-5-19-6-16-10/h2-4,10,16H,5-6H2,1H3,(H,17,18). The third-order valence-electron chi connectivity index (χ3n) is 2.86. The second-order valence-electron chi connectivity index (χ2n) is 4.29. The lowest BCUT2D eigenvalue weighted by Gasteiger charge is -2.14. The molecule has 19 heavy (non-hydrogen) atoms. The van der Waals surface area contributed by atoms with Crippen LogP contribution in [0.4, 0.5) is 18.9 Å². The molecular weight excluding hydrogens is 277 g/mol. The molecule has 0 radical (unpaired) electrons. The molecule has 1 aromatic rings. The molecule has 1 saturated heterocycles. The molecular formula is C12H13F3N2OS. The van der Waals surface area contributed by atoms with Crippen LogP contribution >= 0.6 is 11.8 Å². The summed E-state index contributed by atoms with van der Waals surface area (Å²) in [5.41, 5.74) is 0.0488. The Balaban J connectivity index is 2.17. The first-order chi connectivity index (χ1) is 8.88. The molecule has 1 fully saturated rings. The van der Waals surface area contributed by atoms with Gasteiger partial charge in [-0.25, -0.2) is 0 Å². The van der Waals surface area contributed by atoms with Crippen LogP contribution < -0.4 is 10.6 Å². The van der Waals surface area contributed by atoms with E-state index < -0.39 is 11.7 Å². The number of carbonyl (C=O) groups excluding carboxylic acids is 1. The van der Waals surface area contributed by atoms with Gasteiger partial charge in [0.05, 0.1) is 11.6 Å². The molecule has 1 amide bonds. The Labute approximate surface area is 112 Å². The number of halogens is 3. The highest BCUT2D eigenvalue weighted by Crippen LogP contribution is 2.32. The van der Waals surface area contributed by atoms with E-state index in [-0.39, 0.29) is 17.6 Å². The summed E-state index contributed by atoms with van der Waals surface area (Å²) < 4.78 is 37.8. The molecule has 2 N–H and O–H groups in total. The summed E-state index contributed by atoms with van der Waals surface area (Å²) in [6.07, 6.45) is -4.41. The van der Waals surface area contributed by atoms with Crippen LogP contribution in [0.1, 0.15) is 11.1 Å². The van der Waals surface area contributed by atoms with Crippen molar-refractivity contribution < 1.29 is 18.0 Å². The van der Waals surface area contributed by atoms with Gasteiger partial charge in [-0.05, 0) is 24.6 Å². The van der Waals surface area contributed by atoms with Crippen molar-refractivity contribution in [3.05, 3.63) is 29.3 Å². The van der Waals surface area contributed by atoms with Crippen molar-refractivity contribution in [2.75, 3.05) is 16.9 Å². The van der Waals surface area contributed by atoms with Gasteiger partial charge in [0.2, 0.25) is 5.91 Å². The van der Waals surface area contributed by atoms with Crippen LogP contribution in [0.3, 0.4) is 0 Å². The monoisotopic (exact) mass is 290 g/mol. The van der Waals surface area contributed by atoms with Crippen molar-refractivity contribution >= 4 is 23.4 Å². The molecule has 1 aliphatic rings. The van der Waals surface area contributed by atoms with Crippen LogP contribution in [-0.2, 0) is 11.0 Å². The molecule has 0 bridgehead atoms. The quantitative estimate of drug-likeness (QED) is 0.879. The van der Waals surface area contributed by atoms with E-state index in [1.165, 1.54) is 6.07 Å². The maximum absolute atomic E-state index is 12.6. The fourth-order valence-electron chi connectivity index (χ4n) is 1.72. The summed E-state index contributed by atoms with van der Waals surface area (Å²) in [6, 6.07) is 2.98. The number of aryl methyl sites for hydroxylation is 1. The summed E-state index contributed by atoms with van der Waals surface area (Å²) in [7, 11) is 0. The van der Waals surface area contributed by atoms with Crippen LogP contribution in [0, 0.1) is 6.92 Å². The zero-order chi connectivity index (χ0) is 14.0. The molecule has 2 rings (SSSR count). The van der Waals surface area contributed by atoms with Gasteiger partial charge in [-0.1, -0.05) is 6.07 Å². The fourth-order valence-corrected chi connectivity index (χ4v) is 2.66. The number of thioether (sulfide) groups is 1. The molecule has 0 saturated carbocycles. The molecule has 0 aliphatic carbocycles. The Hall–Kier alpha value is -1.21. The van der Waals surface area contributed by atoms with Gasteiger partial charge in [-0.15, -0.1) is 11.8 Å². The first kappa shape index (κ1) is 14.2. The van der Waals surface area contributed by atoms with Crippen LogP contribution in [0.15, 0.2) is 18.2 Å². The minimum absolute atomic E-state index is 0.207. The molecule has 1 heterocycles. The van der Waals surface area contributed by atoms with Gasteiger partial charge < -0.3 is 5.32 Å². The van der Waals surface area contributed by atoms with E-state index in [0.717, 1.165) is 12.1 Å². The van der Waals surface area contributed by atoms with Crippen molar-refractivity contribution in [1.29, 1.82) is 0 Å². The number of amides is 1. The predicted octanol–water partition coefficient (Wildman–Crippen LogP) is 2.61. The van der Waals surface area contributed by atoms with Crippen molar-refractivity contribution in [2.45, 2.75) is 19.1 Å². The van der Waals surface area contributed by atoms with Crippen molar-refractivity contribution in [3.63, 3.8) is 0 Å². The number of rotatable bonds is 2. The van der Waals surface area contributed by atoms with Gasteiger partial charge >= 0.3 is 6.18 Å². The normalized spacial score (nSPS) is 19.5. The number of anilines is 1. The summed E-state index contributed by atoms with van der Waals surface area (Å²) in [5.74, 6) is 1.01. The lowest BCUT2D eigenvalue weighted by Crippen LogP contribution is -2.37. The average molecular weight is 290 g/mol. The fraction of sp³-hybridized carbons (Fsp3) is 0.417. The molecule has 1 unspecified atom stereocenters. The first-order valence-electron chi connectivity index (χ1n) is 5.68. The first-order valence-corrected chi connectivity index (χ1v) is 6.83. The minimum atomic E-state index is -4.41. The Morgan fingerprint density at radius 2 is 2.21 bits per heavy atom. The molecule has 1 aliphatic heterocycles. The van der Waals surface area contributed by atoms with Crippen LogP contribution in [0.5, 0.6) is 0 Å². The van der Waals surface area contributed by atoms with Crippen molar-refractivity contribution in [1.82, 2.24) is 5.32 Å². The molecule has 0 spiro atoms. The number of carbonyl (C=O) groups is 1. The third-order valence-corrected chi connectivity index (χ3v) is 3.80. The number of hydrogen-bond donors (Lipinski definition) is 2. The zero-order valence-corrected chi connectivity index (χ0v) is 11.0. The number of hydrogen-bond acceptors (Lipinski definition) is 3. The maximum atomic E-state index is 12.6. The molecule has 1 atom stereocenters. The summed E-state index contributed by atoms with van der Waals surface area (Å²) in [5, 5.41) is 5.52. The van der Waals surface area contributed by atoms with E-state index in [4.69, 9.17) is 0 Å². The smallest absolute Gasteiger partial charge is 0.324 e. The van der Waals surface area contributed by atoms with Gasteiger partial charge in [-0.3, -0.25) is 10.1 Å². The van der Waals surface area contributed by atoms with E-state index in [2.05, 4.69) is 10.6 Å². The van der Waals surface area contributed by atoms with Crippen molar-refractivity contribution in [2.24, 2.45) is 0 Å². The number of benzene rings is 1. The third kappa shape index (κ3) is 3.42. The number of nitrogens with one attached hydrogen (secondary N) is 2. The molecule has 3 nitrogen and oxygen atoms in total. The van der Waals surface area contributed by atoms with Crippen LogP contribution in [0.2, 0.25) is 0 Å². The van der Waals surface area contributed by atoms with E-state index >= 15 is 0 Å². The summed E-state index contributed by atoms with van der Waals surface area (Å²) in [6.45, 7) is 1.66. The Bertz CT molecular complexity index is 484. The summed E-state index contributed by atoms with van der Waals surface area (Å²) in [4.78, 5) is 11.9. The van der Waals surface area contributed by atoms with Gasteiger partial charge in [0, 0.05) is 17.3 Å². The largest absolute Gasteiger partial charge is 0.416 e. The van der Waals surface area contributed by atoms with Crippen molar-refractivity contribution in [3.8, 4) is 0 Å². The highest BCUT2D eigenvalue weighted by Gasteiger charge is 2.31. The molecule has 0 aromatic heterocycles. The van der Waals surface area contributed by atoms with Crippen LogP contribution in [-0.4, -0.2) is 23.6 Å². The Morgan fingerprint density at radius 3 is 2.79 bits per heavy atom. The van der Waals surface area contributed by atoms with Gasteiger partial charge in [0.15, 0.2) is 0 Å². The second kappa shape index (κ2) is 5.42. The molecule has 104 valence electrons. The highest BCUT2D eigenvalue weighted by molar-refractivity contribution is 7.99. The molecule has 1 aromatic carbocycles. The predicted molar refractivity (Wildman–Crippen MR) is 69.1 cm³/mol. The summed E-state index contributed by atoms with van der Waals surface area (Å²) >= 11 is 1.58. The van der Waals surface area contributed by atoms with E-state index in [1.807, 2.05) is 0 Å². The van der Waals surface area contributed by atoms with Gasteiger partial charge in [0.1, 0.15) is 0 Å². The Morgan fingerprint density at radius 1 is 1.47 bits per heavy atom. The number of alkyl halides is 3. The SMILES string of the molecule is Cc1ccc(C(F)(F)F)cc1NC(=O)C1CSCN1. The van der Waals surface area contributed by atoms with E-state index in [9.17, 15) is 18.0 Å². The average Bonchev–Trinajstić information content (AvgIpc) is 2.84. The van der Waals surface area contributed by atoms with E-state index in [1.54, 1.807) is 18.7 Å². The van der Waals surface area contributed by atoms with E-state index in [0.29, 0.717) is 17.2 Å². The highest BCUT2D eigenvalue weighted by atomic mass is 32.2. The zero-order valence-electron chi connectivity index (χ0n) is 10.2. The van der Waals surface area contributed by atoms with Crippen LogP contribution in [0.25, 0.3) is 0 Å². The lowest BCUT2D eigenvalue weighted by molar-refractivity contribution is -0.137. The minimum Gasteiger partial charge on any atom is -0.324 e. The topological polar surface area (TPSA) is 41.1 Å².